The number of hydrogen-bond donors (Lipinski definition) is 1. The molecular weight excluding hydrogens is 290 g/mol. The van der Waals surface area contributed by atoms with Crippen molar-refractivity contribution in [2.24, 2.45) is 5.92 Å². The average molecular weight is 309 g/mol. The molecule has 0 saturated heterocycles. The van der Waals surface area contributed by atoms with Gasteiger partial charge in [0.2, 0.25) is 0 Å². The molecule has 1 aliphatic rings. The molecule has 1 atom stereocenters. The lowest BCUT2D eigenvalue weighted by atomic mass is 9.84. The first-order valence-electron chi connectivity index (χ1n) is 7.95. The maximum atomic E-state index is 12.4. The maximum absolute atomic E-state index is 12.4. The SMILES string of the molecule is N#C[C@H](NC(=O)c1cccc(-n2cccn2)n1)C1CCCCC1. The Labute approximate surface area is 135 Å². The van der Waals surface area contributed by atoms with Crippen molar-refractivity contribution in [3.05, 3.63) is 42.4 Å². The monoisotopic (exact) mass is 309 g/mol. The Kier molecular flexibility index (Phi) is 4.67. The van der Waals surface area contributed by atoms with Crippen LogP contribution in [0, 0.1) is 17.2 Å². The number of amides is 1. The van der Waals surface area contributed by atoms with Gasteiger partial charge in [0, 0.05) is 12.4 Å². The van der Waals surface area contributed by atoms with Gasteiger partial charge in [-0.3, -0.25) is 4.79 Å². The van der Waals surface area contributed by atoms with Gasteiger partial charge in [-0.15, -0.1) is 0 Å². The first kappa shape index (κ1) is 15.2. The van der Waals surface area contributed by atoms with Crippen LogP contribution >= 0.6 is 0 Å². The summed E-state index contributed by atoms with van der Waals surface area (Å²) in [5, 5.41) is 16.3. The van der Waals surface area contributed by atoms with Gasteiger partial charge in [-0.25, -0.2) is 9.67 Å². The smallest absolute Gasteiger partial charge is 0.271 e. The van der Waals surface area contributed by atoms with Gasteiger partial charge in [-0.1, -0.05) is 25.3 Å². The second kappa shape index (κ2) is 7.05. The lowest BCUT2D eigenvalue weighted by molar-refractivity contribution is 0.0924. The number of nitrogens with zero attached hydrogens (tertiary/aromatic N) is 4. The van der Waals surface area contributed by atoms with Crippen LogP contribution < -0.4 is 5.32 Å². The zero-order valence-electron chi connectivity index (χ0n) is 12.9. The van der Waals surface area contributed by atoms with E-state index in [2.05, 4.69) is 21.5 Å². The van der Waals surface area contributed by atoms with Gasteiger partial charge < -0.3 is 5.32 Å². The Morgan fingerprint density at radius 3 is 2.83 bits per heavy atom. The molecule has 6 nitrogen and oxygen atoms in total. The van der Waals surface area contributed by atoms with Gasteiger partial charge in [0.15, 0.2) is 5.82 Å². The molecule has 118 valence electrons. The standard InChI is InChI=1S/C17H19N5O/c18-12-15(13-6-2-1-3-7-13)21-17(23)14-8-4-9-16(20-14)22-11-5-10-19-22/h4-5,8-11,13,15H,1-3,6-7H2,(H,21,23)/t15-/m0/s1. The minimum atomic E-state index is -0.446. The largest absolute Gasteiger partial charge is 0.335 e. The summed E-state index contributed by atoms with van der Waals surface area (Å²) in [5.74, 6) is 0.511. The van der Waals surface area contributed by atoms with Crippen molar-refractivity contribution in [1.82, 2.24) is 20.1 Å². The van der Waals surface area contributed by atoms with E-state index < -0.39 is 6.04 Å². The van der Waals surface area contributed by atoms with Crippen LogP contribution in [0.3, 0.4) is 0 Å². The van der Waals surface area contributed by atoms with Crippen molar-refractivity contribution in [3.8, 4) is 11.9 Å². The summed E-state index contributed by atoms with van der Waals surface area (Å²) in [6.07, 6.45) is 8.90. The quantitative estimate of drug-likeness (QED) is 0.940. The van der Waals surface area contributed by atoms with Gasteiger partial charge in [0.1, 0.15) is 11.7 Å². The number of nitriles is 1. The van der Waals surface area contributed by atoms with E-state index in [0.29, 0.717) is 11.5 Å². The molecule has 2 aromatic rings. The summed E-state index contributed by atoms with van der Waals surface area (Å²) in [5.41, 5.74) is 0.300. The minimum Gasteiger partial charge on any atom is -0.335 e. The summed E-state index contributed by atoms with van der Waals surface area (Å²) in [4.78, 5) is 16.8. The predicted octanol–water partition coefficient (Wildman–Crippen LogP) is 2.47. The molecule has 23 heavy (non-hydrogen) atoms. The summed E-state index contributed by atoms with van der Waals surface area (Å²) in [6, 6.07) is 8.79. The van der Waals surface area contributed by atoms with E-state index in [1.807, 2.05) is 0 Å². The number of hydrogen-bond acceptors (Lipinski definition) is 4. The normalized spacial score (nSPS) is 16.5. The van der Waals surface area contributed by atoms with Crippen LogP contribution in [-0.4, -0.2) is 26.7 Å². The fourth-order valence-electron chi connectivity index (χ4n) is 3.02. The molecule has 6 heteroatoms. The predicted molar refractivity (Wildman–Crippen MR) is 84.8 cm³/mol. The number of carbonyl (C=O) groups is 1. The molecule has 1 N–H and O–H groups in total. The Balaban J connectivity index is 1.72. The number of pyridine rings is 1. The molecule has 0 aliphatic heterocycles. The second-order valence-electron chi connectivity index (χ2n) is 5.81. The summed E-state index contributed by atoms with van der Waals surface area (Å²) < 4.78 is 1.60. The third-order valence-electron chi connectivity index (χ3n) is 4.25. The van der Waals surface area contributed by atoms with Crippen molar-refractivity contribution in [2.45, 2.75) is 38.1 Å². The Morgan fingerprint density at radius 2 is 2.13 bits per heavy atom. The number of aromatic nitrogens is 3. The molecule has 1 fully saturated rings. The Hall–Kier alpha value is -2.68. The minimum absolute atomic E-state index is 0.243. The molecule has 0 radical (unpaired) electrons. The Morgan fingerprint density at radius 1 is 1.30 bits per heavy atom. The molecule has 2 aromatic heterocycles. The van der Waals surface area contributed by atoms with Crippen LogP contribution in [0.1, 0.15) is 42.6 Å². The van der Waals surface area contributed by atoms with Crippen LogP contribution in [-0.2, 0) is 0 Å². The first-order valence-corrected chi connectivity index (χ1v) is 7.95. The summed E-state index contributed by atoms with van der Waals surface area (Å²) in [7, 11) is 0. The molecule has 0 spiro atoms. The van der Waals surface area contributed by atoms with Crippen molar-refractivity contribution in [2.75, 3.05) is 0 Å². The zero-order valence-corrected chi connectivity index (χ0v) is 12.9. The van der Waals surface area contributed by atoms with Crippen molar-refractivity contribution in [3.63, 3.8) is 0 Å². The molecule has 1 saturated carbocycles. The second-order valence-corrected chi connectivity index (χ2v) is 5.81. The van der Waals surface area contributed by atoms with E-state index >= 15 is 0 Å². The highest BCUT2D eigenvalue weighted by Crippen LogP contribution is 2.26. The van der Waals surface area contributed by atoms with Gasteiger partial charge >= 0.3 is 0 Å². The number of rotatable bonds is 4. The molecule has 1 aliphatic carbocycles. The zero-order chi connectivity index (χ0) is 16.1. The Bertz CT molecular complexity index is 698. The molecular formula is C17H19N5O. The van der Waals surface area contributed by atoms with Crippen molar-refractivity contribution >= 4 is 5.91 Å². The maximum Gasteiger partial charge on any atom is 0.271 e. The number of carbonyl (C=O) groups excluding carboxylic acids is 1. The molecule has 2 heterocycles. The third-order valence-corrected chi connectivity index (χ3v) is 4.25. The van der Waals surface area contributed by atoms with Gasteiger partial charge in [-0.05, 0) is 37.0 Å². The highest BCUT2D eigenvalue weighted by Gasteiger charge is 2.25. The topological polar surface area (TPSA) is 83.6 Å². The average Bonchev–Trinajstić information content (AvgIpc) is 3.15. The van der Waals surface area contributed by atoms with E-state index in [4.69, 9.17) is 0 Å². The molecule has 0 aromatic carbocycles. The van der Waals surface area contributed by atoms with Crippen LogP contribution in [0.25, 0.3) is 5.82 Å². The number of nitrogens with one attached hydrogen (secondary N) is 1. The third kappa shape index (κ3) is 3.57. The van der Waals surface area contributed by atoms with E-state index in [-0.39, 0.29) is 11.8 Å². The highest BCUT2D eigenvalue weighted by atomic mass is 16.1. The van der Waals surface area contributed by atoms with E-state index in [1.54, 1.807) is 41.3 Å². The van der Waals surface area contributed by atoms with Crippen molar-refractivity contribution < 1.29 is 4.79 Å². The lowest BCUT2D eigenvalue weighted by Gasteiger charge is -2.26. The van der Waals surface area contributed by atoms with Gasteiger partial charge in [-0.2, -0.15) is 10.4 Å². The van der Waals surface area contributed by atoms with Gasteiger partial charge in [0.25, 0.3) is 5.91 Å². The van der Waals surface area contributed by atoms with Crippen molar-refractivity contribution in [1.29, 1.82) is 5.26 Å². The molecule has 0 unspecified atom stereocenters. The van der Waals surface area contributed by atoms with E-state index in [1.165, 1.54) is 6.42 Å². The molecule has 0 bridgehead atoms. The molecule has 3 rings (SSSR count). The lowest BCUT2D eigenvalue weighted by Crippen LogP contribution is -2.40. The van der Waals surface area contributed by atoms with Gasteiger partial charge in [0.05, 0.1) is 6.07 Å². The highest BCUT2D eigenvalue weighted by molar-refractivity contribution is 5.92. The van der Waals surface area contributed by atoms with Crippen LogP contribution in [0.2, 0.25) is 0 Å². The van der Waals surface area contributed by atoms with E-state index in [9.17, 15) is 10.1 Å². The fraction of sp³-hybridized carbons (Fsp3) is 0.412. The van der Waals surface area contributed by atoms with E-state index in [0.717, 1.165) is 25.7 Å². The van der Waals surface area contributed by atoms with Crippen LogP contribution in [0.15, 0.2) is 36.7 Å². The molecule has 1 amide bonds. The first-order chi connectivity index (χ1) is 11.3. The van der Waals surface area contributed by atoms with Crippen LogP contribution in [0.5, 0.6) is 0 Å². The summed E-state index contributed by atoms with van der Waals surface area (Å²) >= 11 is 0. The fourth-order valence-corrected chi connectivity index (χ4v) is 3.02. The van der Waals surface area contributed by atoms with Crippen LogP contribution in [0.4, 0.5) is 0 Å². The summed E-state index contributed by atoms with van der Waals surface area (Å²) in [6.45, 7) is 0.